The predicted molar refractivity (Wildman–Crippen MR) is 67.7 cm³/mol. The molecule has 2 aromatic heterocycles. The Labute approximate surface area is 105 Å². The smallest absolute Gasteiger partial charge is 0.276 e. The Morgan fingerprint density at radius 2 is 2.24 bits per heavy atom. The fourth-order valence-electron chi connectivity index (χ4n) is 1.26. The molecule has 2 heterocycles. The lowest BCUT2D eigenvalue weighted by molar-refractivity contribution is 0.465. The van der Waals surface area contributed by atoms with Crippen molar-refractivity contribution in [2.24, 2.45) is 5.92 Å². The zero-order valence-corrected chi connectivity index (χ0v) is 10.8. The van der Waals surface area contributed by atoms with E-state index in [1.54, 1.807) is 24.2 Å². The number of pyridine rings is 1. The third-order valence-electron chi connectivity index (χ3n) is 2.24. The molecule has 0 saturated carbocycles. The molecular weight excluding hydrogens is 234 g/mol. The molecule has 0 atom stereocenters. The Balaban J connectivity index is 1.97. The second-order valence-corrected chi connectivity index (χ2v) is 5.19. The molecule has 0 radical (unpaired) electrons. The molecule has 90 valence electrons. The SMILES string of the molecule is CC(C)CCSc1nnc(-c2cccnc2)o1. The van der Waals surface area contributed by atoms with E-state index in [0.29, 0.717) is 17.0 Å². The number of aromatic nitrogens is 3. The summed E-state index contributed by atoms with van der Waals surface area (Å²) in [4.78, 5) is 4.02. The van der Waals surface area contributed by atoms with Crippen LogP contribution in [-0.2, 0) is 0 Å². The molecule has 0 aromatic carbocycles. The Bertz CT molecular complexity index is 456. The first-order valence-corrected chi connectivity index (χ1v) is 6.61. The number of hydrogen-bond acceptors (Lipinski definition) is 5. The van der Waals surface area contributed by atoms with Crippen molar-refractivity contribution in [2.75, 3.05) is 5.75 Å². The summed E-state index contributed by atoms with van der Waals surface area (Å²) in [5.41, 5.74) is 0.857. The lowest BCUT2D eigenvalue weighted by Gasteiger charge is -2.00. The van der Waals surface area contributed by atoms with Crippen LogP contribution in [0.2, 0.25) is 0 Å². The molecule has 0 aliphatic heterocycles. The van der Waals surface area contributed by atoms with Gasteiger partial charge in [0.2, 0.25) is 5.89 Å². The normalized spacial score (nSPS) is 11.0. The molecule has 0 unspecified atom stereocenters. The quantitative estimate of drug-likeness (QED) is 0.761. The van der Waals surface area contributed by atoms with Crippen LogP contribution in [0.15, 0.2) is 34.2 Å². The third kappa shape index (κ3) is 3.56. The molecule has 17 heavy (non-hydrogen) atoms. The number of hydrogen-bond donors (Lipinski definition) is 0. The summed E-state index contributed by atoms with van der Waals surface area (Å²) in [6.07, 6.45) is 4.59. The summed E-state index contributed by atoms with van der Waals surface area (Å²) in [5, 5.41) is 8.64. The van der Waals surface area contributed by atoms with Crippen molar-refractivity contribution >= 4 is 11.8 Å². The summed E-state index contributed by atoms with van der Waals surface area (Å²) in [5.74, 6) is 2.24. The minimum Gasteiger partial charge on any atom is -0.411 e. The van der Waals surface area contributed by atoms with Gasteiger partial charge in [0, 0.05) is 18.1 Å². The summed E-state index contributed by atoms with van der Waals surface area (Å²) in [7, 11) is 0. The van der Waals surface area contributed by atoms with Gasteiger partial charge in [0.15, 0.2) is 0 Å². The average Bonchev–Trinajstić information content (AvgIpc) is 2.78. The molecule has 0 amide bonds. The first-order chi connectivity index (χ1) is 8.25. The van der Waals surface area contributed by atoms with Crippen molar-refractivity contribution < 1.29 is 4.42 Å². The highest BCUT2D eigenvalue weighted by Crippen LogP contribution is 2.23. The second kappa shape index (κ2) is 5.82. The minimum atomic E-state index is 0.533. The zero-order valence-electron chi connectivity index (χ0n) is 9.96. The number of nitrogens with zero attached hydrogens (tertiary/aromatic N) is 3. The van der Waals surface area contributed by atoms with Gasteiger partial charge in [-0.05, 0) is 24.5 Å². The number of thioether (sulfide) groups is 1. The van der Waals surface area contributed by atoms with E-state index in [-0.39, 0.29) is 0 Å². The van der Waals surface area contributed by atoms with E-state index in [2.05, 4.69) is 29.0 Å². The molecule has 0 N–H and O–H groups in total. The molecule has 2 rings (SSSR count). The highest BCUT2D eigenvalue weighted by Gasteiger charge is 2.08. The average molecular weight is 249 g/mol. The van der Waals surface area contributed by atoms with Gasteiger partial charge in [0.05, 0.1) is 5.56 Å². The van der Waals surface area contributed by atoms with Crippen molar-refractivity contribution in [2.45, 2.75) is 25.5 Å². The monoisotopic (exact) mass is 249 g/mol. The minimum absolute atomic E-state index is 0.533. The molecule has 0 saturated heterocycles. The van der Waals surface area contributed by atoms with Crippen molar-refractivity contribution in [3.63, 3.8) is 0 Å². The van der Waals surface area contributed by atoms with Gasteiger partial charge >= 0.3 is 0 Å². The standard InChI is InChI=1S/C12H15N3OS/c1-9(2)5-7-17-12-15-14-11(16-12)10-4-3-6-13-8-10/h3-4,6,8-9H,5,7H2,1-2H3. The Morgan fingerprint density at radius 3 is 2.94 bits per heavy atom. The van der Waals surface area contributed by atoms with Gasteiger partial charge in [-0.15, -0.1) is 10.2 Å². The van der Waals surface area contributed by atoms with Gasteiger partial charge in [0.1, 0.15) is 0 Å². The van der Waals surface area contributed by atoms with Crippen molar-refractivity contribution in [3.8, 4) is 11.5 Å². The van der Waals surface area contributed by atoms with Crippen LogP contribution in [-0.4, -0.2) is 20.9 Å². The van der Waals surface area contributed by atoms with Crippen LogP contribution < -0.4 is 0 Å². The highest BCUT2D eigenvalue weighted by molar-refractivity contribution is 7.99. The Hall–Kier alpha value is -1.36. The number of rotatable bonds is 5. The van der Waals surface area contributed by atoms with Crippen LogP contribution in [0.5, 0.6) is 0 Å². The van der Waals surface area contributed by atoms with E-state index in [0.717, 1.165) is 17.7 Å². The molecule has 0 fully saturated rings. The molecule has 0 aliphatic carbocycles. The third-order valence-corrected chi connectivity index (χ3v) is 3.09. The van der Waals surface area contributed by atoms with E-state index in [1.807, 2.05) is 12.1 Å². The summed E-state index contributed by atoms with van der Waals surface area (Å²) < 4.78 is 5.55. The molecule has 5 heteroatoms. The second-order valence-electron chi connectivity index (χ2n) is 4.15. The van der Waals surface area contributed by atoms with Crippen LogP contribution in [0.4, 0.5) is 0 Å². The van der Waals surface area contributed by atoms with Crippen LogP contribution in [0, 0.1) is 5.92 Å². The van der Waals surface area contributed by atoms with E-state index in [1.165, 1.54) is 0 Å². The van der Waals surface area contributed by atoms with E-state index in [9.17, 15) is 0 Å². The molecule has 0 bridgehead atoms. The van der Waals surface area contributed by atoms with Gasteiger partial charge < -0.3 is 4.42 Å². The van der Waals surface area contributed by atoms with E-state index in [4.69, 9.17) is 4.42 Å². The highest BCUT2D eigenvalue weighted by atomic mass is 32.2. The largest absolute Gasteiger partial charge is 0.411 e. The Kier molecular flexibility index (Phi) is 4.14. The molecular formula is C12H15N3OS. The summed E-state index contributed by atoms with van der Waals surface area (Å²) >= 11 is 1.60. The van der Waals surface area contributed by atoms with Crippen molar-refractivity contribution in [1.29, 1.82) is 0 Å². The first-order valence-electron chi connectivity index (χ1n) is 5.62. The van der Waals surface area contributed by atoms with E-state index >= 15 is 0 Å². The van der Waals surface area contributed by atoms with Gasteiger partial charge in [0.25, 0.3) is 5.22 Å². The van der Waals surface area contributed by atoms with Crippen LogP contribution in [0.25, 0.3) is 11.5 Å². The van der Waals surface area contributed by atoms with E-state index < -0.39 is 0 Å². The maximum atomic E-state index is 5.55. The fraction of sp³-hybridized carbons (Fsp3) is 0.417. The van der Waals surface area contributed by atoms with Gasteiger partial charge in [-0.3, -0.25) is 4.98 Å². The van der Waals surface area contributed by atoms with Crippen LogP contribution in [0.3, 0.4) is 0 Å². The summed E-state index contributed by atoms with van der Waals surface area (Å²) in [6.45, 7) is 4.41. The molecule has 2 aromatic rings. The van der Waals surface area contributed by atoms with Crippen LogP contribution >= 0.6 is 11.8 Å². The van der Waals surface area contributed by atoms with Crippen molar-refractivity contribution in [1.82, 2.24) is 15.2 Å². The Morgan fingerprint density at radius 1 is 1.35 bits per heavy atom. The lowest BCUT2D eigenvalue weighted by atomic mass is 10.2. The first kappa shape index (κ1) is 12.1. The summed E-state index contributed by atoms with van der Waals surface area (Å²) in [6, 6.07) is 3.76. The molecule has 0 aliphatic rings. The molecule has 4 nitrogen and oxygen atoms in total. The fourth-order valence-corrected chi connectivity index (χ4v) is 2.26. The topological polar surface area (TPSA) is 51.8 Å². The van der Waals surface area contributed by atoms with Gasteiger partial charge in [-0.25, -0.2) is 0 Å². The van der Waals surface area contributed by atoms with Crippen molar-refractivity contribution in [3.05, 3.63) is 24.5 Å². The van der Waals surface area contributed by atoms with Gasteiger partial charge in [-0.1, -0.05) is 25.6 Å². The predicted octanol–water partition coefficient (Wildman–Crippen LogP) is 3.27. The van der Waals surface area contributed by atoms with Crippen LogP contribution in [0.1, 0.15) is 20.3 Å². The molecule has 0 spiro atoms. The van der Waals surface area contributed by atoms with Gasteiger partial charge in [-0.2, -0.15) is 0 Å². The maximum absolute atomic E-state index is 5.55. The maximum Gasteiger partial charge on any atom is 0.276 e. The zero-order chi connectivity index (χ0) is 12.1. The lowest BCUT2D eigenvalue weighted by Crippen LogP contribution is -1.89.